The lowest BCUT2D eigenvalue weighted by atomic mass is 10.1. The van der Waals surface area contributed by atoms with Gasteiger partial charge in [0.2, 0.25) is 5.30 Å². The minimum atomic E-state index is -1.73. The molecule has 0 spiro atoms. The van der Waals surface area contributed by atoms with Crippen LogP contribution in [0.15, 0.2) is 54.6 Å². The van der Waals surface area contributed by atoms with E-state index >= 15 is 0 Å². The predicted molar refractivity (Wildman–Crippen MR) is 63.3 cm³/mol. The predicted octanol–water partition coefficient (Wildman–Crippen LogP) is 2.68. The molecule has 0 fully saturated rings. The van der Waals surface area contributed by atoms with Crippen molar-refractivity contribution >= 4 is 13.3 Å². The highest BCUT2D eigenvalue weighted by Crippen LogP contribution is 2.19. The molecule has 0 aliphatic heterocycles. The summed E-state index contributed by atoms with van der Waals surface area (Å²) in [5, 5.41) is 0.685. The normalized spacial score (nSPS) is 11.1. The largest absolute Gasteiger partial charge is 0.468 e. The second-order valence-electron chi connectivity index (χ2n) is 3.24. The lowest BCUT2D eigenvalue weighted by Crippen LogP contribution is -1.99. The third-order valence-electron chi connectivity index (χ3n) is 2.23. The fraction of sp³-hybridized carbons (Fsp3) is 0. The van der Waals surface area contributed by atoms with Crippen molar-refractivity contribution in [1.82, 2.24) is 0 Å². The van der Waals surface area contributed by atoms with E-state index in [9.17, 15) is 4.57 Å². The highest BCUT2D eigenvalue weighted by molar-refractivity contribution is 7.50. The average molecular weight is 216 g/mol. The summed E-state index contributed by atoms with van der Waals surface area (Å²) in [4.78, 5) is 0. The van der Waals surface area contributed by atoms with E-state index in [1.54, 1.807) is 12.1 Å². The van der Waals surface area contributed by atoms with E-state index in [1.807, 2.05) is 42.5 Å². The fourth-order valence-corrected chi connectivity index (χ4v) is 1.87. The smallest absolute Gasteiger partial charge is 0.117 e. The average Bonchev–Trinajstić information content (AvgIpc) is 2.30. The summed E-state index contributed by atoms with van der Waals surface area (Å²) in [7, 11) is -1.73. The summed E-state index contributed by atoms with van der Waals surface area (Å²) >= 11 is 0. The fourth-order valence-electron chi connectivity index (χ4n) is 1.43. The molecular weight excluding hydrogens is 205 g/mol. The van der Waals surface area contributed by atoms with Gasteiger partial charge in [0.1, 0.15) is 0 Å². The summed E-state index contributed by atoms with van der Waals surface area (Å²) in [5.41, 5.74) is 7.57. The van der Waals surface area contributed by atoms with Gasteiger partial charge in [-0.1, -0.05) is 30.3 Å². The second kappa shape index (κ2) is 4.35. The Hall–Kier alpha value is -1.50. The second-order valence-corrected chi connectivity index (χ2v) is 4.41. The summed E-state index contributed by atoms with van der Waals surface area (Å²) in [6.07, 6.45) is 0. The van der Waals surface area contributed by atoms with Gasteiger partial charge in [-0.05, 0) is 40.0 Å². The molecule has 2 aromatic rings. The molecule has 74 valence electrons. The SMILES string of the molecule is N[P+](=O)c1ccc(-c2ccccc2)cc1. The molecular formula is C12H11NOP+. The first-order valence-corrected chi connectivity index (χ1v) is 5.98. The molecule has 2 nitrogen and oxygen atoms in total. The maximum absolute atomic E-state index is 11.0. The van der Waals surface area contributed by atoms with E-state index in [1.165, 1.54) is 0 Å². The number of nitrogens with two attached hydrogens (primary N) is 1. The highest BCUT2D eigenvalue weighted by atomic mass is 31.1. The van der Waals surface area contributed by atoms with Gasteiger partial charge in [-0.25, -0.2) is 0 Å². The van der Waals surface area contributed by atoms with Gasteiger partial charge in [0, 0.05) is 0 Å². The van der Waals surface area contributed by atoms with Crippen LogP contribution in [0, 0.1) is 0 Å². The topological polar surface area (TPSA) is 43.1 Å². The third kappa shape index (κ3) is 2.30. The maximum Gasteiger partial charge on any atom is 0.468 e. The van der Waals surface area contributed by atoms with E-state index in [0.29, 0.717) is 5.30 Å². The summed E-state index contributed by atoms with van der Waals surface area (Å²) in [5.74, 6) is 0. The van der Waals surface area contributed by atoms with Crippen LogP contribution < -0.4 is 10.8 Å². The van der Waals surface area contributed by atoms with Crippen molar-refractivity contribution < 1.29 is 4.57 Å². The Bertz CT molecular complexity index is 465. The van der Waals surface area contributed by atoms with E-state index in [4.69, 9.17) is 5.50 Å². The maximum atomic E-state index is 11.0. The quantitative estimate of drug-likeness (QED) is 0.784. The van der Waals surface area contributed by atoms with Crippen LogP contribution in [0.1, 0.15) is 0 Å². The zero-order valence-corrected chi connectivity index (χ0v) is 9.02. The lowest BCUT2D eigenvalue weighted by Gasteiger charge is -1.99. The van der Waals surface area contributed by atoms with Crippen molar-refractivity contribution in [2.45, 2.75) is 0 Å². The van der Waals surface area contributed by atoms with E-state index in [0.717, 1.165) is 11.1 Å². The molecule has 0 saturated heterocycles. The van der Waals surface area contributed by atoms with Crippen molar-refractivity contribution in [3.8, 4) is 11.1 Å². The Morgan fingerprint density at radius 2 is 1.33 bits per heavy atom. The minimum Gasteiger partial charge on any atom is -0.117 e. The monoisotopic (exact) mass is 216 g/mol. The minimum absolute atomic E-state index is 0.685. The van der Waals surface area contributed by atoms with E-state index < -0.39 is 7.95 Å². The molecule has 1 atom stereocenters. The van der Waals surface area contributed by atoms with Crippen LogP contribution in [0.5, 0.6) is 0 Å². The molecule has 15 heavy (non-hydrogen) atoms. The molecule has 2 N–H and O–H groups in total. The number of benzene rings is 2. The lowest BCUT2D eigenvalue weighted by molar-refractivity contribution is 0.594. The standard InChI is InChI=1S/C12H11NOP/c13-15(14)12-8-6-11(7-9-12)10-4-2-1-3-5-10/h1-9H,(H2,13,14)/q+1. The highest BCUT2D eigenvalue weighted by Gasteiger charge is 2.12. The van der Waals surface area contributed by atoms with Gasteiger partial charge >= 0.3 is 7.95 Å². The van der Waals surface area contributed by atoms with Gasteiger partial charge in [0.25, 0.3) is 0 Å². The first-order valence-electron chi connectivity index (χ1n) is 4.65. The van der Waals surface area contributed by atoms with Gasteiger partial charge < -0.3 is 0 Å². The molecule has 0 aromatic heterocycles. The van der Waals surface area contributed by atoms with Gasteiger partial charge in [0.15, 0.2) is 0 Å². The molecule has 0 heterocycles. The van der Waals surface area contributed by atoms with E-state index in [2.05, 4.69) is 0 Å². The molecule has 0 aliphatic carbocycles. The first kappa shape index (κ1) is 10.0. The van der Waals surface area contributed by atoms with Crippen molar-refractivity contribution in [3.05, 3.63) is 54.6 Å². The molecule has 0 bridgehead atoms. The molecule has 0 aliphatic rings. The molecule has 2 aromatic carbocycles. The zero-order valence-electron chi connectivity index (χ0n) is 8.13. The van der Waals surface area contributed by atoms with Crippen molar-refractivity contribution in [3.63, 3.8) is 0 Å². The van der Waals surface area contributed by atoms with Gasteiger partial charge in [-0.2, -0.15) is 0 Å². The summed E-state index contributed by atoms with van der Waals surface area (Å²) in [6.45, 7) is 0. The van der Waals surface area contributed by atoms with Crippen LogP contribution in [-0.2, 0) is 4.57 Å². The number of hydrogen-bond acceptors (Lipinski definition) is 1. The van der Waals surface area contributed by atoms with Gasteiger partial charge in [-0.15, -0.1) is 5.50 Å². The zero-order chi connectivity index (χ0) is 10.7. The van der Waals surface area contributed by atoms with Crippen molar-refractivity contribution in [1.29, 1.82) is 0 Å². The Morgan fingerprint density at radius 3 is 1.87 bits per heavy atom. The van der Waals surface area contributed by atoms with Crippen molar-refractivity contribution in [2.75, 3.05) is 0 Å². The molecule has 3 heteroatoms. The van der Waals surface area contributed by atoms with Gasteiger partial charge in [0.05, 0.1) is 0 Å². The Morgan fingerprint density at radius 1 is 0.800 bits per heavy atom. The first-order chi connectivity index (χ1) is 7.27. The van der Waals surface area contributed by atoms with Crippen LogP contribution >= 0.6 is 7.95 Å². The Kier molecular flexibility index (Phi) is 2.91. The van der Waals surface area contributed by atoms with Crippen molar-refractivity contribution in [2.24, 2.45) is 5.50 Å². The molecule has 2 rings (SSSR count). The molecule has 1 unspecified atom stereocenters. The van der Waals surface area contributed by atoms with Crippen LogP contribution in [0.3, 0.4) is 0 Å². The molecule has 0 radical (unpaired) electrons. The third-order valence-corrected chi connectivity index (χ3v) is 3.04. The number of hydrogen-bond donors (Lipinski definition) is 1. The Balaban J connectivity index is 2.36. The van der Waals surface area contributed by atoms with Gasteiger partial charge in [-0.3, -0.25) is 0 Å². The van der Waals surface area contributed by atoms with Crippen LogP contribution in [0.4, 0.5) is 0 Å². The van der Waals surface area contributed by atoms with Crippen LogP contribution in [0.25, 0.3) is 11.1 Å². The van der Waals surface area contributed by atoms with E-state index in [-0.39, 0.29) is 0 Å². The summed E-state index contributed by atoms with van der Waals surface area (Å²) in [6, 6.07) is 17.5. The molecule has 0 amide bonds. The van der Waals surface area contributed by atoms with Crippen LogP contribution in [0.2, 0.25) is 0 Å². The molecule has 0 saturated carbocycles. The Labute approximate surface area is 89.6 Å². The summed E-state index contributed by atoms with van der Waals surface area (Å²) < 4.78 is 11.0. The number of rotatable bonds is 2. The van der Waals surface area contributed by atoms with Crippen LogP contribution in [-0.4, -0.2) is 0 Å².